The third-order valence-electron chi connectivity index (χ3n) is 2.77. The van der Waals surface area contributed by atoms with E-state index < -0.39 is 18.8 Å². The number of para-hydroxylation sites is 1. The molecule has 0 spiro atoms. The standard InChI is InChI=1S/C14H16F3N3OS/c1-9(2)7-20-10-5-3-4-6-11(10)22-13(20)19-12(21)18-8-14(15,16)17/h3-6,9H,7-8H2,1-2H3,(H,18,21). The Balaban J connectivity index is 2.36. The molecule has 8 heteroatoms. The summed E-state index contributed by atoms with van der Waals surface area (Å²) in [5, 5.41) is 1.76. The van der Waals surface area contributed by atoms with Crippen molar-refractivity contribution in [1.29, 1.82) is 0 Å². The topological polar surface area (TPSA) is 46.4 Å². The van der Waals surface area contributed by atoms with Crippen LogP contribution in [0.15, 0.2) is 29.3 Å². The summed E-state index contributed by atoms with van der Waals surface area (Å²) in [6, 6.07) is 6.55. The molecule has 1 N–H and O–H groups in total. The Hall–Kier alpha value is -1.83. The van der Waals surface area contributed by atoms with Gasteiger partial charge >= 0.3 is 12.2 Å². The van der Waals surface area contributed by atoms with Crippen LogP contribution < -0.4 is 10.1 Å². The number of hydrogen-bond acceptors (Lipinski definition) is 2. The zero-order chi connectivity index (χ0) is 16.3. The average Bonchev–Trinajstić information content (AvgIpc) is 2.73. The van der Waals surface area contributed by atoms with Crippen molar-refractivity contribution in [1.82, 2.24) is 9.88 Å². The Labute approximate surface area is 129 Å². The molecule has 0 saturated heterocycles. The summed E-state index contributed by atoms with van der Waals surface area (Å²) in [5.74, 6) is 0.315. The molecule has 0 saturated carbocycles. The molecule has 1 aromatic carbocycles. The van der Waals surface area contributed by atoms with Crippen molar-refractivity contribution >= 4 is 27.6 Å². The van der Waals surface area contributed by atoms with E-state index in [-0.39, 0.29) is 0 Å². The molecule has 1 heterocycles. The van der Waals surface area contributed by atoms with E-state index in [4.69, 9.17) is 0 Å². The normalized spacial score (nSPS) is 13.1. The maximum atomic E-state index is 12.1. The summed E-state index contributed by atoms with van der Waals surface area (Å²) in [7, 11) is 0. The molecule has 1 aromatic heterocycles. The number of rotatable bonds is 3. The second kappa shape index (κ2) is 6.51. The van der Waals surface area contributed by atoms with E-state index in [1.165, 1.54) is 11.3 Å². The van der Waals surface area contributed by atoms with Crippen LogP contribution in [0.1, 0.15) is 13.8 Å². The molecule has 120 valence electrons. The molecule has 2 rings (SSSR count). The summed E-state index contributed by atoms with van der Waals surface area (Å²) < 4.78 is 39.1. The molecule has 22 heavy (non-hydrogen) atoms. The predicted octanol–water partition coefficient (Wildman–Crippen LogP) is 3.53. The lowest BCUT2D eigenvalue weighted by Gasteiger charge is -2.08. The number of halogens is 3. The van der Waals surface area contributed by atoms with Gasteiger partial charge in [-0.15, -0.1) is 0 Å². The molecule has 0 aliphatic rings. The third kappa shape index (κ3) is 4.33. The van der Waals surface area contributed by atoms with Gasteiger partial charge in [-0.25, -0.2) is 4.79 Å². The predicted molar refractivity (Wildman–Crippen MR) is 79.7 cm³/mol. The van der Waals surface area contributed by atoms with Crippen LogP contribution in [-0.2, 0) is 6.54 Å². The van der Waals surface area contributed by atoms with E-state index in [2.05, 4.69) is 4.99 Å². The largest absolute Gasteiger partial charge is 0.405 e. The Bertz CT molecular complexity index is 731. The molecule has 2 aromatic rings. The van der Waals surface area contributed by atoms with Gasteiger partial charge in [-0.1, -0.05) is 37.3 Å². The molecule has 0 bridgehead atoms. The number of benzene rings is 1. The smallest absolute Gasteiger partial charge is 0.327 e. The SMILES string of the molecule is CC(C)Cn1c(=NC(=O)NCC(F)(F)F)sc2ccccc21. The molecule has 4 nitrogen and oxygen atoms in total. The average molecular weight is 331 g/mol. The highest BCUT2D eigenvalue weighted by molar-refractivity contribution is 7.16. The summed E-state index contributed by atoms with van der Waals surface area (Å²) in [4.78, 5) is 15.8. The number of carbonyl (C=O) groups excluding carboxylic acids is 1. The van der Waals surface area contributed by atoms with Gasteiger partial charge in [0.25, 0.3) is 0 Å². The maximum absolute atomic E-state index is 12.1. The Kier molecular flexibility index (Phi) is 4.90. The van der Waals surface area contributed by atoms with Gasteiger partial charge in [0, 0.05) is 6.54 Å². The van der Waals surface area contributed by atoms with E-state index in [0.717, 1.165) is 10.2 Å². The molecule has 2 amide bonds. The highest BCUT2D eigenvalue weighted by Crippen LogP contribution is 2.18. The fourth-order valence-electron chi connectivity index (χ4n) is 1.95. The Morgan fingerprint density at radius 2 is 2.05 bits per heavy atom. The van der Waals surface area contributed by atoms with Crippen LogP contribution in [0.4, 0.5) is 18.0 Å². The number of alkyl halides is 3. The minimum absolute atomic E-state index is 0.315. The fraction of sp³-hybridized carbons (Fsp3) is 0.429. The Morgan fingerprint density at radius 1 is 1.36 bits per heavy atom. The first-order chi connectivity index (χ1) is 10.3. The van der Waals surface area contributed by atoms with E-state index in [1.807, 2.05) is 42.7 Å². The molecule has 0 atom stereocenters. The second-order valence-corrected chi connectivity index (χ2v) is 6.25. The first-order valence-corrected chi connectivity index (χ1v) is 7.55. The van der Waals surface area contributed by atoms with Crippen LogP contribution >= 0.6 is 11.3 Å². The lowest BCUT2D eigenvalue weighted by Crippen LogP contribution is -2.33. The lowest BCUT2D eigenvalue weighted by atomic mass is 10.2. The Morgan fingerprint density at radius 3 is 2.68 bits per heavy atom. The molecule has 0 unspecified atom stereocenters. The first kappa shape index (κ1) is 16.5. The summed E-state index contributed by atoms with van der Waals surface area (Å²) in [5.41, 5.74) is 0.920. The highest BCUT2D eigenvalue weighted by Gasteiger charge is 2.27. The number of hydrogen-bond donors (Lipinski definition) is 1. The van der Waals surface area contributed by atoms with Crippen molar-refractivity contribution in [2.75, 3.05) is 6.54 Å². The van der Waals surface area contributed by atoms with Crippen molar-refractivity contribution in [3.63, 3.8) is 0 Å². The van der Waals surface area contributed by atoms with E-state index in [1.54, 1.807) is 5.32 Å². The van der Waals surface area contributed by atoms with Crippen LogP contribution in [-0.4, -0.2) is 23.3 Å². The van der Waals surface area contributed by atoms with Crippen LogP contribution in [0, 0.1) is 5.92 Å². The number of urea groups is 1. The number of nitrogens with one attached hydrogen (secondary N) is 1. The third-order valence-corrected chi connectivity index (χ3v) is 3.83. The van der Waals surface area contributed by atoms with Crippen LogP contribution in [0.25, 0.3) is 10.2 Å². The zero-order valence-electron chi connectivity index (χ0n) is 12.1. The number of carbonyl (C=O) groups is 1. The lowest BCUT2D eigenvalue weighted by molar-refractivity contribution is -0.122. The second-order valence-electron chi connectivity index (χ2n) is 5.24. The number of thiazole rings is 1. The molecular formula is C14H16F3N3OS. The minimum atomic E-state index is -4.45. The minimum Gasteiger partial charge on any atom is -0.327 e. The van der Waals surface area contributed by atoms with Gasteiger partial charge in [0.15, 0.2) is 4.80 Å². The monoisotopic (exact) mass is 331 g/mol. The molecule has 0 radical (unpaired) electrons. The van der Waals surface area contributed by atoms with Crippen LogP contribution in [0.5, 0.6) is 0 Å². The fourth-order valence-corrected chi connectivity index (χ4v) is 2.99. The van der Waals surface area contributed by atoms with Crippen molar-refractivity contribution < 1.29 is 18.0 Å². The molecular weight excluding hydrogens is 315 g/mol. The quantitative estimate of drug-likeness (QED) is 0.919. The number of amides is 2. The number of nitrogens with zero attached hydrogens (tertiary/aromatic N) is 2. The molecule has 0 aliphatic carbocycles. The summed E-state index contributed by atoms with van der Waals surface area (Å²) in [6.45, 7) is 3.29. The van der Waals surface area contributed by atoms with Crippen LogP contribution in [0.2, 0.25) is 0 Å². The van der Waals surface area contributed by atoms with Crippen molar-refractivity contribution in [3.05, 3.63) is 29.1 Å². The highest BCUT2D eigenvalue weighted by atomic mass is 32.1. The van der Waals surface area contributed by atoms with E-state index in [9.17, 15) is 18.0 Å². The van der Waals surface area contributed by atoms with Gasteiger partial charge < -0.3 is 9.88 Å². The number of fused-ring (bicyclic) bond motifs is 1. The van der Waals surface area contributed by atoms with Gasteiger partial charge in [0.2, 0.25) is 0 Å². The zero-order valence-corrected chi connectivity index (χ0v) is 13.0. The maximum Gasteiger partial charge on any atom is 0.405 e. The summed E-state index contributed by atoms with van der Waals surface area (Å²) in [6.07, 6.45) is -4.45. The van der Waals surface area contributed by atoms with Gasteiger partial charge in [-0.3, -0.25) is 0 Å². The van der Waals surface area contributed by atoms with Gasteiger partial charge in [-0.05, 0) is 18.1 Å². The van der Waals surface area contributed by atoms with Gasteiger partial charge in [-0.2, -0.15) is 18.2 Å². The van der Waals surface area contributed by atoms with E-state index in [0.29, 0.717) is 17.3 Å². The number of aromatic nitrogens is 1. The van der Waals surface area contributed by atoms with Crippen molar-refractivity contribution in [2.45, 2.75) is 26.6 Å². The first-order valence-electron chi connectivity index (χ1n) is 6.74. The van der Waals surface area contributed by atoms with Crippen LogP contribution in [0.3, 0.4) is 0 Å². The van der Waals surface area contributed by atoms with Gasteiger partial charge in [0.05, 0.1) is 10.2 Å². The van der Waals surface area contributed by atoms with Crippen molar-refractivity contribution in [3.8, 4) is 0 Å². The summed E-state index contributed by atoms with van der Waals surface area (Å²) >= 11 is 1.28. The van der Waals surface area contributed by atoms with E-state index >= 15 is 0 Å². The molecule has 0 fully saturated rings. The van der Waals surface area contributed by atoms with Crippen molar-refractivity contribution in [2.24, 2.45) is 10.9 Å². The molecule has 0 aliphatic heterocycles. The van der Waals surface area contributed by atoms with Gasteiger partial charge in [0.1, 0.15) is 6.54 Å².